The number of alkyl halides is 1. The lowest BCUT2D eigenvalue weighted by Gasteiger charge is -2.35. The van der Waals surface area contributed by atoms with Crippen LogP contribution in [0, 0.1) is 11.6 Å². The number of phenolic OH excluding ortho intramolecular Hbond substituents is 1. The number of piperazine rings is 1. The van der Waals surface area contributed by atoms with E-state index in [1.54, 1.807) is 6.07 Å². The Bertz CT molecular complexity index is 1770. The number of aryl methyl sites for hydroxylation is 2. The summed E-state index contributed by atoms with van der Waals surface area (Å²) in [4.78, 5) is 14.2. The molecule has 0 amide bonds. The maximum Gasteiger partial charge on any atom is 0.160 e. The third kappa shape index (κ3) is 4.53. The van der Waals surface area contributed by atoms with Crippen LogP contribution in [0.25, 0.3) is 32.8 Å². The van der Waals surface area contributed by atoms with Gasteiger partial charge in [0.05, 0.1) is 5.56 Å². The van der Waals surface area contributed by atoms with Gasteiger partial charge in [0.25, 0.3) is 0 Å². The molecule has 0 spiro atoms. The smallest absolute Gasteiger partial charge is 0.160 e. The standard InChI is InChI=1S/C35H38F3N5O/c1-2-20-5-3-6-21-13-25(44)14-26(30(20)21)31-28(37)15-27-33(32(31)38)40-29(9-11-35-10-4-12-43(35)17-22(36)16-35)41-34(27)42-18-23-7-8-24(19-42)39-23/h3,5-6,13-15,22-24,39,44H,2,4,7-12,16-19H2,1H3/t22-,23?,24?,35-/m1/s1. The van der Waals surface area contributed by atoms with E-state index in [4.69, 9.17) is 9.97 Å². The molecule has 44 heavy (non-hydrogen) atoms. The number of nitrogens with one attached hydrogen (secondary N) is 1. The third-order valence-electron chi connectivity index (χ3n) is 10.7. The summed E-state index contributed by atoms with van der Waals surface area (Å²) in [6.45, 7) is 4.81. The fourth-order valence-electron chi connectivity index (χ4n) is 8.73. The van der Waals surface area contributed by atoms with E-state index in [0.29, 0.717) is 80.0 Å². The fourth-order valence-corrected chi connectivity index (χ4v) is 8.73. The van der Waals surface area contributed by atoms with Crippen molar-refractivity contribution in [1.29, 1.82) is 0 Å². The number of aromatic hydroxyl groups is 1. The van der Waals surface area contributed by atoms with Crippen molar-refractivity contribution >= 4 is 27.5 Å². The molecule has 4 fully saturated rings. The van der Waals surface area contributed by atoms with Crippen LogP contribution in [0.3, 0.4) is 0 Å². The highest BCUT2D eigenvalue weighted by Gasteiger charge is 2.48. The summed E-state index contributed by atoms with van der Waals surface area (Å²) in [5.74, 6) is -0.426. The second kappa shape index (κ2) is 10.6. The van der Waals surface area contributed by atoms with Gasteiger partial charge in [-0.3, -0.25) is 4.90 Å². The van der Waals surface area contributed by atoms with Crippen molar-refractivity contribution in [2.75, 3.05) is 31.1 Å². The van der Waals surface area contributed by atoms with Crippen molar-refractivity contribution in [2.24, 2.45) is 0 Å². The monoisotopic (exact) mass is 601 g/mol. The van der Waals surface area contributed by atoms with E-state index in [2.05, 4.69) is 15.1 Å². The first-order valence-electron chi connectivity index (χ1n) is 16.2. The number of nitrogens with zero attached hydrogens (tertiary/aromatic N) is 4. The van der Waals surface area contributed by atoms with Gasteiger partial charge in [-0.25, -0.2) is 23.1 Å². The Morgan fingerprint density at radius 3 is 2.68 bits per heavy atom. The Morgan fingerprint density at radius 2 is 1.89 bits per heavy atom. The van der Waals surface area contributed by atoms with E-state index in [9.17, 15) is 9.50 Å². The van der Waals surface area contributed by atoms with Gasteiger partial charge < -0.3 is 15.3 Å². The second-order valence-corrected chi connectivity index (χ2v) is 13.4. The Morgan fingerprint density at radius 1 is 1.07 bits per heavy atom. The average molecular weight is 602 g/mol. The molecule has 2 unspecified atom stereocenters. The maximum atomic E-state index is 16.9. The molecule has 9 heteroatoms. The molecule has 2 N–H and O–H groups in total. The number of hydrogen-bond acceptors (Lipinski definition) is 6. The minimum Gasteiger partial charge on any atom is -0.508 e. The van der Waals surface area contributed by atoms with Crippen LogP contribution in [0.4, 0.5) is 19.0 Å². The molecule has 0 aliphatic carbocycles. The summed E-state index contributed by atoms with van der Waals surface area (Å²) in [5.41, 5.74) is 0.965. The zero-order valence-electron chi connectivity index (χ0n) is 25.1. The predicted molar refractivity (Wildman–Crippen MR) is 167 cm³/mol. The van der Waals surface area contributed by atoms with E-state index in [-0.39, 0.29) is 22.4 Å². The number of rotatable bonds is 6. The van der Waals surface area contributed by atoms with Gasteiger partial charge in [0.15, 0.2) is 5.82 Å². The summed E-state index contributed by atoms with van der Waals surface area (Å²) in [6, 6.07) is 10.8. The lowest BCUT2D eigenvalue weighted by molar-refractivity contribution is 0.181. The van der Waals surface area contributed by atoms with Crippen molar-refractivity contribution in [3.63, 3.8) is 0 Å². The van der Waals surface area contributed by atoms with Crippen LogP contribution in [0.1, 0.15) is 56.8 Å². The lowest BCUT2D eigenvalue weighted by atomic mass is 9.88. The van der Waals surface area contributed by atoms with Crippen molar-refractivity contribution in [1.82, 2.24) is 20.2 Å². The van der Waals surface area contributed by atoms with E-state index in [1.165, 1.54) is 12.1 Å². The number of aromatic nitrogens is 2. The Labute approximate surface area is 255 Å². The van der Waals surface area contributed by atoms with Crippen LogP contribution in [0.5, 0.6) is 5.75 Å². The molecule has 1 aromatic heterocycles. The topological polar surface area (TPSA) is 64.5 Å². The first-order valence-corrected chi connectivity index (χ1v) is 16.2. The van der Waals surface area contributed by atoms with Crippen molar-refractivity contribution < 1.29 is 18.3 Å². The van der Waals surface area contributed by atoms with Gasteiger partial charge in [0.1, 0.15) is 34.9 Å². The van der Waals surface area contributed by atoms with Crippen molar-refractivity contribution in [3.05, 3.63) is 59.4 Å². The molecular weight excluding hydrogens is 563 g/mol. The van der Waals surface area contributed by atoms with E-state index in [0.717, 1.165) is 48.6 Å². The number of benzene rings is 3. The van der Waals surface area contributed by atoms with Crippen LogP contribution in [0.2, 0.25) is 0 Å². The van der Waals surface area contributed by atoms with Crippen LogP contribution in [-0.4, -0.2) is 69.9 Å². The van der Waals surface area contributed by atoms with Gasteiger partial charge >= 0.3 is 0 Å². The SMILES string of the molecule is CCc1cccc2cc(O)cc(-c3c(F)cc4c(N5CC6CCC(C5)N6)nc(CC[C@@]56CCCN5C[C@H](F)C6)nc4c3F)c12. The number of phenols is 1. The zero-order chi connectivity index (χ0) is 30.2. The molecule has 0 saturated carbocycles. The summed E-state index contributed by atoms with van der Waals surface area (Å²) < 4.78 is 47.7. The molecule has 4 aromatic rings. The summed E-state index contributed by atoms with van der Waals surface area (Å²) in [7, 11) is 0. The van der Waals surface area contributed by atoms with E-state index in [1.807, 2.05) is 25.1 Å². The van der Waals surface area contributed by atoms with Gasteiger partial charge in [-0.15, -0.1) is 0 Å². The quantitative estimate of drug-likeness (QED) is 0.265. The normalized spacial score (nSPS) is 26.7. The molecule has 0 radical (unpaired) electrons. The van der Waals surface area contributed by atoms with Gasteiger partial charge in [-0.1, -0.05) is 25.1 Å². The van der Waals surface area contributed by atoms with Gasteiger partial charge in [-0.2, -0.15) is 0 Å². The molecule has 4 atom stereocenters. The van der Waals surface area contributed by atoms with E-state index < -0.39 is 17.8 Å². The Hall–Kier alpha value is -3.43. The second-order valence-electron chi connectivity index (χ2n) is 13.4. The first-order chi connectivity index (χ1) is 21.3. The number of fused-ring (bicyclic) bond motifs is 5. The highest BCUT2D eigenvalue weighted by Crippen LogP contribution is 2.44. The molecule has 4 saturated heterocycles. The molecule has 5 heterocycles. The van der Waals surface area contributed by atoms with Crippen molar-refractivity contribution in [2.45, 2.75) is 82.1 Å². The molecule has 6 nitrogen and oxygen atoms in total. The highest BCUT2D eigenvalue weighted by molar-refractivity contribution is 6.03. The molecule has 3 aromatic carbocycles. The summed E-state index contributed by atoms with van der Waals surface area (Å²) in [5, 5.41) is 16.0. The Kier molecular flexibility index (Phi) is 6.75. The fraction of sp³-hybridized carbons (Fsp3) is 0.486. The largest absolute Gasteiger partial charge is 0.508 e. The summed E-state index contributed by atoms with van der Waals surface area (Å²) in [6.07, 6.45) is 5.69. The minimum atomic E-state index is -0.826. The lowest BCUT2D eigenvalue weighted by Crippen LogP contribution is -2.51. The number of hydrogen-bond donors (Lipinski definition) is 2. The molecule has 2 bridgehead atoms. The number of anilines is 1. The molecule has 4 aliphatic rings. The highest BCUT2D eigenvalue weighted by atomic mass is 19.1. The van der Waals surface area contributed by atoms with Crippen LogP contribution in [-0.2, 0) is 12.8 Å². The average Bonchev–Trinajstić information content (AvgIpc) is 3.65. The molecule has 230 valence electrons. The van der Waals surface area contributed by atoms with Crippen LogP contribution in [0.15, 0.2) is 36.4 Å². The van der Waals surface area contributed by atoms with Crippen LogP contribution >= 0.6 is 0 Å². The van der Waals surface area contributed by atoms with Crippen molar-refractivity contribution in [3.8, 4) is 16.9 Å². The first kappa shape index (κ1) is 28.1. The van der Waals surface area contributed by atoms with Gasteiger partial charge in [0, 0.05) is 49.1 Å². The third-order valence-corrected chi connectivity index (χ3v) is 10.7. The minimum absolute atomic E-state index is 0.0527. The van der Waals surface area contributed by atoms with E-state index >= 15 is 8.78 Å². The van der Waals surface area contributed by atoms with Gasteiger partial charge in [-0.05, 0) is 91.6 Å². The predicted octanol–water partition coefficient (Wildman–Crippen LogP) is 6.45. The molecule has 8 rings (SSSR count). The number of halogens is 3. The Balaban J connectivity index is 1.29. The summed E-state index contributed by atoms with van der Waals surface area (Å²) >= 11 is 0. The van der Waals surface area contributed by atoms with Crippen LogP contribution < -0.4 is 10.2 Å². The molecule has 4 aliphatic heterocycles. The zero-order valence-corrected chi connectivity index (χ0v) is 25.1. The molecular formula is C35H38F3N5O. The van der Waals surface area contributed by atoms with Gasteiger partial charge in [0.2, 0.25) is 0 Å². The maximum absolute atomic E-state index is 16.9.